The molecule has 3 N–H and O–H groups in total. The Labute approximate surface area is 175 Å². The fourth-order valence-electron chi connectivity index (χ4n) is 3.01. The first-order valence-corrected chi connectivity index (χ1v) is 10.9. The van der Waals surface area contributed by atoms with E-state index in [0.29, 0.717) is 42.9 Å². The summed E-state index contributed by atoms with van der Waals surface area (Å²) in [5.41, 5.74) is 7.45. The van der Waals surface area contributed by atoms with Crippen molar-refractivity contribution in [2.45, 2.75) is 24.8 Å². The molecular formula is C20H25N3O6S. The van der Waals surface area contributed by atoms with E-state index in [1.165, 1.54) is 14.2 Å². The van der Waals surface area contributed by atoms with Gasteiger partial charge in [0.1, 0.15) is 21.8 Å². The summed E-state index contributed by atoms with van der Waals surface area (Å²) in [6, 6.07) is 8.49. The summed E-state index contributed by atoms with van der Waals surface area (Å²) in [5.74, 6) is 0.672. The second-order valence-corrected chi connectivity index (χ2v) is 8.14. The molecule has 10 heteroatoms. The predicted octanol–water partition coefficient (Wildman–Crippen LogP) is 2.68. The Morgan fingerprint density at radius 1 is 1.10 bits per heavy atom. The van der Waals surface area contributed by atoms with Crippen molar-refractivity contribution >= 4 is 26.8 Å². The number of rotatable bonds is 10. The van der Waals surface area contributed by atoms with Crippen molar-refractivity contribution in [1.82, 2.24) is 5.16 Å². The molecule has 2 aromatic carbocycles. The number of fused-ring (bicyclic) bond motifs is 1. The number of methoxy groups -OCH3 is 2. The molecule has 1 aromatic heterocycles. The highest BCUT2D eigenvalue weighted by molar-refractivity contribution is 7.92. The van der Waals surface area contributed by atoms with Crippen LogP contribution in [0.25, 0.3) is 11.0 Å². The SMILES string of the molecule is CCc1ccc(OC)c(S(=O)(=O)Nc2noc3cc(COCCN)cc(OC)c23)c1. The molecule has 1 heterocycles. The van der Waals surface area contributed by atoms with Crippen molar-refractivity contribution in [3.63, 3.8) is 0 Å². The molecule has 0 saturated heterocycles. The van der Waals surface area contributed by atoms with Crippen LogP contribution in [-0.2, 0) is 27.8 Å². The van der Waals surface area contributed by atoms with Gasteiger partial charge in [0.2, 0.25) is 0 Å². The lowest BCUT2D eigenvalue weighted by molar-refractivity contribution is 0.128. The third-order valence-corrected chi connectivity index (χ3v) is 5.87. The van der Waals surface area contributed by atoms with E-state index in [-0.39, 0.29) is 16.5 Å². The monoisotopic (exact) mass is 435 g/mol. The summed E-state index contributed by atoms with van der Waals surface area (Å²) < 4.78 is 50.1. The number of nitrogens with one attached hydrogen (secondary N) is 1. The number of sulfonamides is 1. The second kappa shape index (κ2) is 9.33. The van der Waals surface area contributed by atoms with Crippen LogP contribution in [0, 0.1) is 0 Å². The highest BCUT2D eigenvalue weighted by atomic mass is 32.2. The molecule has 0 spiro atoms. The van der Waals surface area contributed by atoms with Crippen LogP contribution in [0.1, 0.15) is 18.1 Å². The third kappa shape index (κ3) is 4.50. The molecule has 0 unspecified atom stereocenters. The van der Waals surface area contributed by atoms with Crippen LogP contribution in [0.3, 0.4) is 0 Å². The third-order valence-electron chi connectivity index (χ3n) is 4.51. The van der Waals surface area contributed by atoms with E-state index in [4.69, 9.17) is 24.5 Å². The fourth-order valence-corrected chi connectivity index (χ4v) is 4.24. The number of benzene rings is 2. The van der Waals surface area contributed by atoms with Crippen LogP contribution in [0.5, 0.6) is 11.5 Å². The quantitative estimate of drug-likeness (QED) is 0.466. The standard InChI is InChI=1S/C20H25N3O6S/c1-4-13-5-6-15(26-2)18(11-13)30(24,25)23-20-19-16(27-3)9-14(12-28-8-7-21)10-17(19)29-22-20/h5-6,9-11H,4,7-8,12,21H2,1-3H3,(H,22,23). The van der Waals surface area contributed by atoms with E-state index in [1.807, 2.05) is 13.0 Å². The van der Waals surface area contributed by atoms with Crippen LogP contribution < -0.4 is 19.9 Å². The van der Waals surface area contributed by atoms with Gasteiger partial charge in [-0.3, -0.25) is 4.72 Å². The second-order valence-electron chi connectivity index (χ2n) is 6.49. The summed E-state index contributed by atoms with van der Waals surface area (Å²) in [5, 5.41) is 4.31. The Kier molecular flexibility index (Phi) is 6.80. The molecule has 3 aromatic rings. The Morgan fingerprint density at radius 2 is 1.87 bits per heavy atom. The van der Waals surface area contributed by atoms with Gasteiger partial charge in [0, 0.05) is 6.54 Å². The van der Waals surface area contributed by atoms with Gasteiger partial charge in [0.15, 0.2) is 11.4 Å². The topological polar surface area (TPSA) is 126 Å². The first kappa shape index (κ1) is 21.9. The molecule has 30 heavy (non-hydrogen) atoms. The number of hydrogen-bond donors (Lipinski definition) is 2. The average molecular weight is 436 g/mol. The van der Waals surface area contributed by atoms with Crippen molar-refractivity contribution in [3.05, 3.63) is 41.5 Å². The van der Waals surface area contributed by atoms with Crippen molar-refractivity contribution in [2.75, 3.05) is 32.1 Å². The largest absolute Gasteiger partial charge is 0.496 e. The molecule has 0 fully saturated rings. The molecule has 0 amide bonds. The summed E-state index contributed by atoms with van der Waals surface area (Å²) >= 11 is 0. The molecular weight excluding hydrogens is 410 g/mol. The summed E-state index contributed by atoms with van der Waals surface area (Å²) in [4.78, 5) is 0.0197. The van der Waals surface area contributed by atoms with Crippen LogP contribution in [0.2, 0.25) is 0 Å². The molecule has 162 valence electrons. The molecule has 0 saturated carbocycles. The van der Waals surface area contributed by atoms with Crippen LogP contribution >= 0.6 is 0 Å². The first-order chi connectivity index (χ1) is 14.4. The maximum Gasteiger partial charge on any atom is 0.266 e. The maximum atomic E-state index is 13.1. The molecule has 0 aliphatic carbocycles. The van der Waals surface area contributed by atoms with Gasteiger partial charge in [-0.1, -0.05) is 18.1 Å². The molecule has 0 atom stereocenters. The summed E-state index contributed by atoms with van der Waals surface area (Å²) in [6.07, 6.45) is 0.683. The molecule has 0 bridgehead atoms. The van der Waals surface area contributed by atoms with Gasteiger partial charge in [-0.2, -0.15) is 0 Å². The van der Waals surface area contributed by atoms with Crippen molar-refractivity contribution in [1.29, 1.82) is 0 Å². The average Bonchev–Trinajstić information content (AvgIpc) is 3.14. The van der Waals surface area contributed by atoms with E-state index in [2.05, 4.69) is 9.88 Å². The zero-order valence-corrected chi connectivity index (χ0v) is 17.9. The lowest BCUT2D eigenvalue weighted by Crippen LogP contribution is -2.15. The van der Waals surface area contributed by atoms with Gasteiger partial charge in [0.25, 0.3) is 10.0 Å². The molecule has 0 aliphatic heterocycles. The van der Waals surface area contributed by atoms with Crippen LogP contribution in [0.15, 0.2) is 39.8 Å². The first-order valence-electron chi connectivity index (χ1n) is 9.37. The van der Waals surface area contributed by atoms with Gasteiger partial charge in [-0.15, -0.1) is 0 Å². The minimum Gasteiger partial charge on any atom is -0.496 e. The van der Waals surface area contributed by atoms with Gasteiger partial charge in [-0.05, 0) is 41.8 Å². The molecule has 0 radical (unpaired) electrons. The van der Waals surface area contributed by atoms with Gasteiger partial charge < -0.3 is 24.5 Å². The maximum absolute atomic E-state index is 13.1. The number of nitrogens with two attached hydrogens (primary N) is 1. The Balaban J connectivity index is 1.99. The minimum absolute atomic E-state index is 0.0197. The van der Waals surface area contributed by atoms with Gasteiger partial charge >= 0.3 is 0 Å². The Bertz CT molecular complexity index is 1130. The van der Waals surface area contributed by atoms with Gasteiger partial charge in [0.05, 0.1) is 27.4 Å². The number of aryl methyl sites for hydroxylation is 1. The number of anilines is 1. The lowest BCUT2D eigenvalue weighted by Gasteiger charge is -2.12. The zero-order chi connectivity index (χ0) is 21.7. The Hall–Kier alpha value is -2.82. The zero-order valence-electron chi connectivity index (χ0n) is 17.1. The molecule has 0 aliphatic rings. The van der Waals surface area contributed by atoms with Crippen molar-refractivity contribution in [3.8, 4) is 11.5 Å². The van der Waals surface area contributed by atoms with Crippen LogP contribution in [-0.4, -0.2) is 40.9 Å². The number of hydrogen-bond acceptors (Lipinski definition) is 8. The number of ether oxygens (including phenoxy) is 3. The van der Waals surface area contributed by atoms with Gasteiger partial charge in [-0.25, -0.2) is 8.42 Å². The van der Waals surface area contributed by atoms with E-state index < -0.39 is 10.0 Å². The number of aromatic nitrogens is 1. The fraction of sp³-hybridized carbons (Fsp3) is 0.350. The molecule has 9 nitrogen and oxygen atoms in total. The van der Waals surface area contributed by atoms with Crippen molar-refractivity contribution < 1.29 is 27.2 Å². The normalized spacial score (nSPS) is 11.6. The highest BCUT2D eigenvalue weighted by Gasteiger charge is 2.24. The van der Waals surface area contributed by atoms with E-state index in [1.54, 1.807) is 24.3 Å². The summed E-state index contributed by atoms with van der Waals surface area (Å²) in [7, 11) is -1.09. The van der Waals surface area contributed by atoms with E-state index in [9.17, 15) is 8.42 Å². The summed E-state index contributed by atoms with van der Waals surface area (Å²) in [6.45, 7) is 3.08. The lowest BCUT2D eigenvalue weighted by atomic mass is 10.1. The minimum atomic E-state index is -3.99. The van der Waals surface area contributed by atoms with Crippen molar-refractivity contribution in [2.24, 2.45) is 5.73 Å². The van der Waals surface area contributed by atoms with E-state index >= 15 is 0 Å². The molecule has 3 rings (SSSR count). The predicted molar refractivity (Wildman–Crippen MR) is 112 cm³/mol. The van der Waals surface area contributed by atoms with Crippen LogP contribution in [0.4, 0.5) is 5.82 Å². The smallest absolute Gasteiger partial charge is 0.266 e. The Morgan fingerprint density at radius 3 is 2.53 bits per heavy atom. The van der Waals surface area contributed by atoms with E-state index in [0.717, 1.165) is 11.1 Å². The number of nitrogens with zero attached hydrogens (tertiary/aromatic N) is 1. The highest BCUT2D eigenvalue weighted by Crippen LogP contribution is 2.36.